The molecule has 4 heteroatoms. The Hall–Kier alpha value is -1.42. The SMILES string of the molecule is Cc1cc(Br)cnc1NCCc1ccncc1. The second kappa shape index (κ2) is 5.77. The highest BCUT2D eigenvalue weighted by Gasteiger charge is 1.99. The summed E-state index contributed by atoms with van der Waals surface area (Å²) in [6.07, 6.45) is 6.42. The van der Waals surface area contributed by atoms with Gasteiger partial charge in [0.15, 0.2) is 0 Å². The zero-order chi connectivity index (χ0) is 12.1. The average Bonchev–Trinajstić information content (AvgIpc) is 2.33. The molecule has 0 radical (unpaired) electrons. The Morgan fingerprint density at radius 2 is 2.06 bits per heavy atom. The second-order valence-corrected chi connectivity index (χ2v) is 4.77. The van der Waals surface area contributed by atoms with Crippen molar-refractivity contribution in [3.05, 3.63) is 52.4 Å². The lowest BCUT2D eigenvalue weighted by molar-refractivity contribution is 0.995. The average molecular weight is 292 g/mol. The third-order valence-corrected chi connectivity index (χ3v) is 2.93. The fourth-order valence-corrected chi connectivity index (χ4v) is 2.05. The maximum Gasteiger partial charge on any atom is 0.128 e. The molecular formula is C13H14BrN3. The summed E-state index contributed by atoms with van der Waals surface area (Å²) in [6, 6.07) is 6.12. The Balaban J connectivity index is 1.90. The van der Waals surface area contributed by atoms with Crippen LogP contribution in [0.2, 0.25) is 0 Å². The molecule has 0 aliphatic heterocycles. The summed E-state index contributed by atoms with van der Waals surface area (Å²) in [7, 11) is 0. The van der Waals surface area contributed by atoms with Crippen molar-refractivity contribution >= 4 is 21.7 Å². The van der Waals surface area contributed by atoms with Crippen molar-refractivity contribution in [3.8, 4) is 0 Å². The first kappa shape index (κ1) is 12.0. The molecule has 2 rings (SSSR count). The summed E-state index contributed by atoms with van der Waals surface area (Å²) in [5, 5.41) is 3.34. The summed E-state index contributed by atoms with van der Waals surface area (Å²) in [5.41, 5.74) is 2.43. The van der Waals surface area contributed by atoms with E-state index in [1.54, 1.807) is 0 Å². The van der Waals surface area contributed by atoms with E-state index in [-0.39, 0.29) is 0 Å². The van der Waals surface area contributed by atoms with Crippen LogP contribution in [0.3, 0.4) is 0 Å². The minimum Gasteiger partial charge on any atom is -0.370 e. The Bertz CT molecular complexity index is 485. The van der Waals surface area contributed by atoms with Crippen molar-refractivity contribution in [1.29, 1.82) is 0 Å². The molecule has 0 amide bonds. The van der Waals surface area contributed by atoms with E-state index in [1.165, 1.54) is 5.56 Å². The van der Waals surface area contributed by atoms with Crippen LogP contribution >= 0.6 is 15.9 Å². The van der Waals surface area contributed by atoms with E-state index in [2.05, 4.69) is 37.3 Å². The van der Waals surface area contributed by atoms with Crippen LogP contribution in [0.5, 0.6) is 0 Å². The minimum absolute atomic E-state index is 0.874. The van der Waals surface area contributed by atoms with Crippen LogP contribution in [-0.4, -0.2) is 16.5 Å². The fraction of sp³-hybridized carbons (Fsp3) is 0.231. The predicted octanol–water partition coefficient (Wildman–Crippen LogP) is 3.20. The summed E-state index contributed by atoms with van der Waals surface area (Å²) in [5.74, 6) is 0.947. The summed E-state index contributed by atoms with van der Waals surface area (Å²) < 4.78 is 1.01. The van der Waals surface area contributed by atoms with Gasteiger partial charge in [0.2, 0.25) is 0 Å². The highest BCUT2D eigenvalue weighted by molar-refractivity contribution is 9.10. The van der Waals surface area contributed by atoms with Crippen molar-refractivity contribution in [2.45, 2.75) is 13.3 Å². The third kappa shape index (κ3) is 3.53. The first-order chi connectivity index (χ1) is 8.25. The van der Waals surface area contributed by atoms with Gasteiger partial charge in [-0.25, -0.2) is 4.98 Å². The van der Waals surface area contributed by atoms with Gasteiger partial charge in [0, 0.05) is 29.6 Å². The highest BCUT2D eigenvalue weighted by atomic mass is 79.9. The number of aryl methyl sites for hydroxylation is 1. The van der Waals surface area contributed by atoms with Gasteiger partial charge in [-0.2, -0.15) is 0 Å². The molecular weight excluding hydrogens is 278 g/mol. The maximum atomic E-state index is 4.34. The van der Waals surface area contributed by atoms with Gasteiger partial charge >= 0.3 is 0 Å². The number of aromatic nitrogens is 2. The topological polar surface area (TPSA) is 37.8 Å². The zero-order valence-corrected chi connectivity index (χ0v) is 11.2. The molecule has 2 aromatic rings. The number of rotatable bonds is 4. The second-order valence-electron chi connectivity index (χ2n) is 3.85. The van der Waals surface area contributed by atoms with E-state index in [4.69, 9.17) is 0 Å². The Kier molecular flexibility index (Phi) is 4.09. The van der Waals surface area contributed by atoms with Gasteiger partial charge in [0.05, 0.1) is 0 Å². The molecule has 0 aromatic carbocycles. The lowest BCUT2D eigenvalue weighted by Crippen LogP contribution is -2.07. The van der Waals surface area contributed by atoms with Gasteiger partial charge in [0.25, 0.3) is 0 Å². The third-order valence-electron chi connectivity index (χ3n) is 2.50. The van der Waals surface area contributed by atoms with Crippen molar-refractivity contribution in [1.82, 2.24) is 9.97 Å². The molecule has 2 heterocycles. The monoisotopic (exact) mass is 291 g/mol. The molecule has 3 nitrogen and oxygen atoms in total. The molecule has 0 saturated heterocycles. The predicted molar refractivity (Wildman–Crippen MR) is 73.1 cm³/mol. The van der Waals surface area contributed by atoms with E-state index >= 15 is 0 Å². The zero-order valence-electron chi connectivity index (χ0n) is 9.65. The van der Waals surface area contributed by atoms with E-state index in [0.717, 1.165) is 28.8 Å². The quantitative estimate of drug-likeness (QED) is 0.940. The van der Waals surface area contributed by atoms with Gasteiger partial charge in [-0.05, 0) is 58.6 Å². The summed E-state index contributed by atoms with van der Waals surface area (Å²) >= 11 is 3.40. The van der Waals surface area contributed by atoms with Crippen LogP contribution in [0, 0.1) is 6.92 Å². The molecule has 0 spiro atoms. The summed E-state index contributed by atoms with van der Waals surface area (Å²) in [6.45, 7) is 2.92. The van der Waals surface area contributed by atoms with Crippen LogP contribution in [0.15, 0.2) is 41.3 Å². The Morgan fingerprint density at radius 3 is 2.76 bits per heavy atom. The lowest BCUT2D eigenvalue weighted by Gasteiger charge is -2.08. The maximum absolute atomic E-state index is 4.34. The fourth-order valence-electron chi connectivity index (χ4n) is 1.60. The standard InChI is InChI=1S/C13H14BrN3/c1-10-8-12(14)9-17-13(10)16-7-4-11-2-5-15-6-3-11/h2-3,5-6,8-9H,4,7H2,1H3,(H,16,17). The van der Waals surface area contributed by atoms with Crippen molar-refractivity contribution < 1.29 is 0 Å². The Labute approximate surface area is 109 Å². The normalized spacial score (nSPS) is 10.2. The molecule has 2 aromatic heterocycles. The molecule has 0 aliphatic rings. The molecule has 17 heavy (non-hydrogen) atoms. The summed E-state index contributed by atoms with van der Waals surface area (Å²) in [4.78, 5) is 8.34. The number of nitrogens with one attached hydrogen (secondary N) is 1. The smallest absolute Gasteiger partial charge is 0.128 e. The van der Waals surface area contributed by atoms with Crippen molar-refractivity contribution in [2.75, 3.05) is 11.9 Å². The largest absolute Gasteiger partial charge is 0.370 e. The van der Waals surface area contributed by atoms with Crippen molar-refractivity contribution in [3.63, 3.8) is 0 Å². The molecule has 88 valence electrons. The van der Waals surface area contributed by atoms with Crippen LogP contribution in [0.4, 0.5) is 5.82 Å². The molecule has 0 atom stereocenters. The van der Waals surface area contributed by atoms with E-state index in [9.17, 15) is 0 Å². The van der Waals surface area contributed by atoms with Gasteiger partial charge in [-0.3, -0.25) is 4.98 Å². The molecule has 0 unspecified atom stereocenters. The van der Waals surface area contributed by atoms with Crippen LogP contribution in [0.1, 0.15) is 11.1 Å². The van der Waals surface area contributed by atoms with E-state index in [0.29, 0.717) is 0 Å². The lowest BCUT2D eigenvalue weighted by atomic mass is 10.2. The Morgan fingerprint density at radius 1 is 1.29 bits per heavy atom. The first-order valence-electron chi connectivity index (χ1n) is 5.50. The first-order valence-corrected chi connectivity index (χ1v) is 6.30. The van der Waals surface area contributed by atoms with Gasteiger partial charge < -0.3 is 5.32 Å². The minimum atomic E-state index is 0.874. The van der Waals surface area contributed by atoms with Crippen LogP contribution < -0.4 is 5.32 Å². The molecule has 0 bridgehead atoms. The van der Waals surface area contributed by atoms with Gasteiger partial charge in [-0.15, -0.1) is 0 Å². The number of hydrogen-bond acceptors (Lipinski definition) is 3. The van der Waals surface area contributed by atoms with Crippen LogP contribution in [0.25, 0.3) is 0 Å². The van der Waals surface area contributed by atoms with E-state index in [1.807, 2.05) is 37.6 Å². The molecule has 0 aliphatic carbocycles. The number of hydrogen-bond donors (Lipinski definition) is 1. The number of halogens is 1. The molecule has 0 saturated carbocycles. The number of anilines is 1. The number of pyridine rings is 2. The molecule has 1 N–H and O–H groups in total. The van der Waals surface area contributed by atoms with E-state index < -0.39 is 0 Å². The van der Waals surface area contributed by atoms with Gasteiger partial charge in [-0.1, -0.05) is 0 Å². The molecule has 0 fully saturated rings. The van der Waals surface area contributed by atoms with Crippen molar-refractivity contribution in [2.24, 2.45) is 0 Å². The van der Waals surface area contributed by atoms with Crippen LogP contribution in [-0.2, 0) is 6.42 Å². The highest BCUT2D eigenvalue weighted by Crippen LogP contribution is 2.16. The van der Waals surface area contributed by atoms with Gasteiger partial charge in [0.1, 0.15) is 5.82 Å². The number of nitrogens with zero attached hydrogens (tertiary/aromatic N) is 2.